The maximum atomic E-state index is 13.1. The minimum atomic E-state index is -1.11. The summed E-state index contributed by atoms with van der Waals surface area (Å²) in [7, 11) is 0. The Morgan fingerprint density at radius 2 is 1.84 bits per heavy atom. The highest BCUT2D eigenvalue weighted by Gasteiger charge is 2.40. The number of benzene rings is 2. The number of hydrogen-bond acceptors (Lipinski definition) is 7. The molecule has 2 aliphatic rings. The van der Waals surface area contributed by atoms with Gasteiger partial charge in [0.05, 0.1) is 11.6 Å². The van der Waals surface area contributed by atoms with Crippen molar-refractivity contribution in [1.29, 1.82) is 5.26 Å². The first-order valence-corrected chi connectivity index (χ1v) is 10.2. The number of anilines is 3. The van der Waals surface area contributed by atoms with Crippen molar-refractivity contribution in [3.8, 4) is 17.6 Å². The lowest BCUT2D eigenvalue weighted by molar-refractivity contribution is -0.119. The molecule has 160 valence electrons. The number of nitrogens with zero attached hydrogens (tertiary/aromatic N) is 2. The minimum absolute atomic E-state index is 0.0987. The van der Waals surface area contributed by atoms with Gasteiger partial charge in [-0.05, 0) is 42.0 Å². The zero-order valence-corrected chi connectivity index (χ0v) is 17.3. The predicted octanol–water partition coefficient (Wildman–Crippen LogP) is 3.16. The van der Waals surface area contributed by atoms with E-state index in [4.69, 9.17) is 21.1 Å². The molecule has 3 aromatic rings. The quantitative estimate of drug-likeness (QED) is 0.560. The number of aromatic amines is 1. The van der Waals surface area contributed by atoms with Crippen LogP contribution in [0, 0.1) is 17.2 Å². The van der Waals surface area contributed by atoms with Crippen molar-refractivity contribution in [2.45, 2.75) is 5.92 Å². The minimum Gasteiger partial charge on any atom is -0.486 e. The molecule has 5 rings (SSSR count). The van der Waals surface area contributed by atoms with Crippen LogP contribution in [-0.2, 0) is 4.79 Å². The third-order valence-corrected chi connectivity index (χ3v) is 5.55. The summed E-state index contributed by atoms with van der Waals surface area (Å²) in [6.07, 6.45) is 0. The number of carbonyl (C=O) groups is 1. The standard InChI is InChI=1S/C22H16ClN5O4/c23-12-2-4-13(5-3-12)25-22-27-19-18(21(30)28-22)17(14(10-24)20(29)26-19)11-1-6-15-16(9-11)32-8-7-31-15/h1-6,9,14,17H,7-8H2,(H3,25,26,27,28,29,30). The molecule has 0 spiro atoms. The monoisotopic (exact) mass is 449 g/mol. The van der Waals surface area contributed by atoms with Gasteiger partial charge in [-0.1, -0.05) is 17.7 Å². The van der Waals surface area contributed by atoms with Crippen molar-refractivity contribution in [3.63, 3.8) is 0 Å². The number of amides is 1. The van der Waals surface area contributed by atoms with Crippen LogP contribution in [0.5, 0.6) is 11.5 Å². The van der Waals surface area contributed by atoms with Gasteiger partial charge in [0.25, 0.3) is 5.56 Å². The summed E-state index contributed by atoms with van der Waals surface area (Å²) in [6.45, 7) is 0.830. The van der Waals surface area contributed by atoms with Crippen LogP contribution in [0.25, 0.3) is 0 Å². The first-order valence-electron chi connectivity index (χ1n) is 9.80. The second-order valence-corrected chi connectivity index (χ2v) is 7.72. The number of hydrogen-bond donors (Lipinski definition) is 3. The lowest BCUT2D eigenvalue weighted by Crippen LogP contribution is -2.38. The summed E-state index contributed by atoms with van der Waals surface area (Å²) in [6, 6.07) is 14.0. The molecule has 3 heterocycles. The lowest BCUT2D eigenvalue weighted by Gasteiger charge is -2.29. The van der Waals surface area contributed by atoms with E-state index in [1.807, 2.05) is 6.07 Å². The Balaban J connectivity index is 1.58. The number of carbonyl (C=O) groups excluding carboxylic acids is 1. The van der Waals surface area contributed by atoms with Gasteiger partial charge in [-0.3, -0.25) is 14.6 Å². The lowest BCUT2D eigenvalue weighted by atomic mass is 9.79. The van der Waals surface area contributed by atoms with Gasteiger partial charge < -0.3 is 20.1 Å². The second kappa shape index (κ2) is 7.90. The molecule has 1 aromatic heterocycles. The van der Waals surface area contributed by atoms with E-state index in [1.165, 1.54) is 0 Å². The molecule has 1 amide bonds. The molecule has 0 aliphatic carbocycles. The molecule has 2 aliphatic heterocycles. The van der Waals surface area contributed by atoms with E-state index in [1.54, 1.807) is 42.5 Å². The third kappa shape index (κ3) is 3.50. The van der Waals surface area contributed by atoms with Crippen LogP contribution in [0.2, 0.25) is 5.02 Å². The summed E-state index contributed by atoms with van der Waals surface area (Å²) in [5.41, 5.74) is 0.974. The van der Waals surface area contributed by atoms with Gasteiger partial charge in [-0.2, -0.15) is 10.2 Å². The van der Waals surface area contributed by atoms with Crippen molar-refractivity contribution in [2.75, 3.05) is 23.8 Å². The van der Waals surface area contributed by atoms with Gasteiger partial charge in [0.15, 0.2) is 11.5 Å². The number of halogens is 1. The summed E-state index contributed by atoms with van der Waals surface area (Å²) >= 11 is 5.90. The van der Waals surface area contributed by atoms with E-state index >= 15 is 0 Å². The van der Waals surface area contributed by atoms with Crippen LogP contribution < -0.4 is 25.7 Å². The van der Waals surface area contributed by atoms with Gasteiger partial charge >= 0.3 is 0 Å². The van der Waals surface area contributed by atoms with E-state index in [9.17, 15) is 14.9 Å². The predicted molar refractivity (Wildman–Crippen MR) is 117 cm³/mol. The maximum absolute atomic E-state index is 13.1. The van der Waals surface area contributed by atoms with Crippen molar-refractivity contribution in [1.82, 2.24) is 9.97 Å². The normalized spacial score (nSPS) is 18.8. The average Bonchev–Trinajstić information content (AvgIpc) is 2.79. The Labute approximate surface area is 187 Å². The molecule has 0 radical (unpaired) electrons. The number of fused-ring (bicyclic) bond motifs is 2. The van der Waals surface area contributed by atoms with Gasteiger partial charge in [-0.15, -0.1) is 0 Å². The Bertz CT molecular complexity index is 1320. The Morgan fingerprint density at radius 3 is 2.59 bits per heavy atom. The number of rotatable bonds is 3. The highest BCUT2D eigenvalue weighted by Crippen LogP contribution is 2.41. The van der Waals surface area contributed by atoms with Crippen LogP contribution in [0.15, 0.2) is 47.3 Å². The highest BCUT2D eigenvalue weighted by molar-refractivity contribution is 6.30. The Hall–Kier alpha value is -4.03. The fourth-order valence-corrected chi connectivity index (χ4v) is 3.98. The molecule has 0 saturated heterocycles. The number of nitriles is 1. The van der Waals surface area contributed by atoms with Crippen LogP contribution in [0.4, 0.5) is 17.5 Å². The molecule has 10 heteroatoms. The van der Waals surface area contributed by atoms with Gasteiger partial charge in [0, 0.05) is 16.6 Å². The number of nitrogens with one attached hydrogen (secondary N) is 3. The summed E-state index contributed by atoms with van der Waals surface area (Å²) in [5, 5.41) is 15.8. The fraction of sp³-hybridized carbons (Fsp3) is 0.182. The van der Waals surface area contributed by atoms with Crippen LogP contribution in [0.3, 0.4) is 0 Å². The first-order chi connectivity index (χ1) is 15.5. The summed E-state index contributed by atoms with van der Waals surface area (Å²) in [5.74, 6) is -1.14. The average molecular weight is 450 g/mol. The SMILES string of the molecule is N#CC1C(=O)Nc2nc(Nc3ccc(Cl)cc3)[nH]c(=O)c2C1c1ccc2c(c1)OCCO2. The molecule has 32 heavy (non-hydrogen) atoms. The Morgan fingerprint density at radius 1 is 1.09 bits per heavy atom. The summed E-state index contributed by atoms with van der Waals surface area (Å²) < 4.78 is 11.2. The maximum Gasteiger partial charge on any atom is 0.258 e. The molecule has 2 atom stereocenters. The van der Waals surface area contributed by atoms with Gasteiger partial charge in [0.2, 0.25) is 11.9 Å². The molecule has 2 unspecified atom stereocenters. The fourth-order valence-electron chi connectivity index (χ4n) is 3.85. The number of aromatic nitrogens is 2. The molecule has 3 N–H and O–H groups in total. The van der Waals surface area contributed by atoms with Crippen LogP contribution in [0.1, 0.15) is 17.0 Å². The van der Waals surface area contributed by atoms with Crippen molar-refractivity contribution >= 4 is 35.0 Å². The molecular formula is C22H16ClN5O4. The van der Waals surface area contributed by atoms with E-state index in [-0.39, 0.29) is 17.3 Å². The van der Waals surface area contributed by atoms with Gasteiger partial charge in [0.1, 0.15) is 24.9 Å². The molecule has 9 nitrogen and oxygen atoms in total. The number of ether oxygens (including phenoxy) is 2. The van der Waals surface area contributed by atoms with Crippen LogP contribution in [-0.4, -0.2) is 29.1 Å². The van der Waals surface area contributed by atoms with Gasteiger partial charge in [-0.25, -0.2) is 0 Å². The summed E-state index contributed by atoms with van der Waals surface area (Å²) in [4.78, 5) is 32.9. The first kappa shape index (κ1) is 19.9. The molecule has 0 saturated carbocycles. The highest BCUT2D eigenvalue weighted by atomic mass is 35.5. The molecule has 0 bridgehead atoms. The molecule has 0 fully saturated rings. The van der Waals surface area contributed by atoms with Crippen molar-refractivity contribution < 1.29 is 14.3 Å². The van der Waals surface area contributed by atoms with Crippen LogP contribution >= 0.6 is 11.6 Å². The van der Waals surface area contributed by atoms with E-state index in [2.05, 4.69) is 20.6 Å². The van der Waals surface area contributed by atoms with E-state index < -0.39 is 23.3 Å². The zero-order chi connectivity index (χ0) is 22.2. The smallest absolute Gasteiger partial charge is 0.258 e. The molecule has 2 aromatic carbocycles. The molecular weight excluding hydrogens is 434 g/mol. The van der Waals surface area contributed by atoms with Crippen molar-refractivity contribution in [2.24, 2.45) is 5.92 Å². The number of H-pyrrole nitrogens is 1. The third-order valence-electron chi connectivity index (χ3n) is 5.30. The largest absolute Gasteiger partial charge is 0.486 e. The van der Waals surface area contributed by atoms with Crippen molar-refractivity contribution in [3.05, 3.63) is 69.0 Å². The topological polar surface area (TPSA) is 129 Å². The van der Waals surface area contributed by atoms with E-state index in [0.29, 0.717) is 41.0 Å². The zero-order valence-electron chi connectivity index (χ0n) is 16.5. The Kier molecular flexibility index (Phi) is 4.92. The van der Waals surface area contributed by atoms with E-state index in [0.717, 1.165) is 0 Å². The second-order valence-electron chi connectivity index (χ2n) is 7.29.